The lowest BCUT2D eigenvalue weighted by molar-refractivity contribution is -0.385. The fourth-order valence-corrected chi connectivity index (χ4v) is 5.27. The Morgan fingerprint density at radius 1 is 1.17 bits per heavy atom. The molecule has 2 aromatic rings. The van der Waals surface area contributed by atoms with Crippen LogP contribution in [-0.2, 0) is 10.0 Å². The molecule has 1 aliphatic heterocycles. The van der Waals surface area contributed by atoms with Gasteiger partial charge in [0.05, 0.1) is 9.82 Å². The van der Waals surface area contributed by atoms with Crippen LogP contribution in [-0.4, -0.2) is 37.3 Å². The molecule has 9 heteroatoms. The molecule has 0 bridgehead atoms. The highest BCUT2D eigenvalue weighted by Gasteiger charge is 2.28. The Balaban J connectivity index is 1.60. The van der Waals surface area contributed by atoms with Crippen molar-refractivity contribution in [2.75, 3.05) is 13.6 Å². The van der Waals surface area contributed by atoms with Gasteiger partial charge in [-0.3, -0.25) is 21.0 Å². The summed E-state index contributed by atoms with van der Waals surface area (Å²) in [6.45, 7) is 3.71. The number of nitrogens with one attached hydrogen (secondary N) is 2. The predicted octanol–water partition coefficient (Wildman–Crippen LogP) is 3.22. The summed E-state index contributed by atoms with van der Waals surface area (Å²) in [6, 6.07) is 13.3. The Morgan fingerprint density at radius 3 is 2.53 bits per heavy atom. The van der Waals surface area contributed by atoms with Gasteiger partial charge in [-0.05, 0) is 49.8 Å². The minimum Gasteiger partial charge on any atom is -0.258 e. The second kappa shape index (κ2) is 9.22. The summed E-state index contributed by atoms with van der Waals surface area (Å²) in [4.78, 5) is 10.6. The van der Waals surface area contributed by atoms with E-state index in [0.717, 1.165) is 18.9 Å². The van der Waals surface area contributed by atoms with Gasteiger partial charge in [-0.1, -0.05) is 30.3 Å². The average molecular weight is 433 g/mol. The van der Waals surface area contributed by atoms with Crippen LogP contribution in [0.25, 0.3) is 0 Å². The molecule has 0 amide bonds. The van der Waals surface area contributed by atoms with Crippen LogP contribution in [0.1, 0.15) is 42.0 Å². The van der Waals surface area contributed by atoms with Gasteiger partial charge in [-0.2, -0.15) is 0 Å². The summed E-state index contributed by atoms with van der Waals surface area (Å²) in [5.74, 6) is 0. The van der Waals surface area contributed by atoms with E-state index in [-0.39, 0.29) is 22.7 Å². The second-order valence-corrected chi connectivity index (χ2v) is 9.81. The van der Waals surface area contributed by atoms with Crippen molar-refractivity contribution in [1.29, 1.82) is 0 Å². The maximum Gasteiger partial charge on any atom is 0.271 e. The van der Waals surface area contributed by atoms with Crippen LogP contribution < -0.4 is 10.9 Å². The average Bonchev–Trinajstić information content (AvgIpc) is 3.19. The summed E-state index contributed by atoms with van der Waals surface area (Å²) in [7, 11) is -2.28. The lowest BCUT2D eigenvalue weighted by atomic mass is 10.00. The molecule has 1 saturated heterocycles. The van der Waals surface area contributed by atoms with E-state index in [1.54, 1.807) is 13.8 Å². The van der Waals surface area contributed by atoms with Gasteiger partial charge in [0.15, 0.2) is 0 Å². The third-order valence-corrected chi connectivity index (χ3v) is 7.70. The number of nitro groups is 1. The van der Waals surface area contributed by atoms with Gasteiger partial charge in [0.1, 0.15) is 0 Å². The Morgan fingerprint density at radius 2 is 1.87 bits per heavy atom. The molecule has 0 radical (unpaired) electrons. The van der Waals surface area contributed by atoms with Crippen molar-refractivity contribution in [2.24, 2.45) is 0 Å². The summed E-state index contributed by atoms with van der Waals surface area (Å²) < 4.78 is 27.3. The largest absolute Gasteiger partial charge is 0.271 e. The van der Waals surface area contributed by atoms with E-state index in [0.29, 0.717) is 24.1 Å². The first kappa shape index (κ1) is 22.4. The van der Waals surface area contributed by atoms with Gasteiger partial charge in [-0.25, -0.2) is 12.7 Å². The topological polar surface area (TPSA) is 105 Å². The van der Waals surface area contributed by atoms with E-state index in [1.165, 1.54) is 23.0 Å². The number of benzene rings is 2. The van der Waals surface area contributed by atoms with Crippen molar-refractivity contribution in [3.8, 4) is 0 Å². The number of rotatable bonds is 8. The Hall–Kier alpha value is -2.33. The number of nitrogens with zero attached hydrogens (tertiary/aromatic N) is 2. The van der Waals surface area contributed by atoms with Crippen molar-refractivity contribution in [3.63, 3.8) is 0 Å². The molecule has 0 aromatic heterocycles. The highest BCUT2D eigenvalue weighted by Crippen LogP contribution is 2.28. The lowest BCUT2D eigenvalue weighted by Crippen LogP contribution is -2.32. The van der Waals surface area contributed by atoms with Crippen molar-refractivity contribution in [2.45, 2.75) is 50.1 Å². The van der Waals surface area contributed by atoms with Gasteiger partial charge in [0.25, 0.3) is 5.69 Å². The maximum absolute atomic E-state index is 13.0. The highest BCUT2D eigenvalue weighted by molar-refractivity contribution is 7.89. The molecule has 2 aromatic carbocycles. The fraction of sp³-hybridized carbons (Fsp3) is 0.429. The van der Waals surface area contributed by atoms with E-state index >= 15 is 0 Å². The molecule has 1 heterocycles. The third kappa shape index (κ3) is 4.86. The zero-order chi connectivity index (χ0) is 21.9. The number of hydrogen-bond acceptors (Lipinski definition) is 6. The Labute approximate surface area is 177 Å². The first-order valence-electron chi connectivity index (χ1n) is 9.98. The molecule has 0 saturated carbocycles. The minimum atomic E-state index is -3.80. The lowest BCUT2D eigenvalue weighted by Gasteiger charge is -2.20. The quantitative estimate of drug-likeness (QED) is 0.490. The van der Waals surface area contributed by atoms with Crippen LogP contribution in [0.5, 0.6) is 0 Å². The van der Waals surface area contributed by atoms with E-state index in [1.807, 2.05) is 18.2 Å². The van der Waals surface area contributed by atoms with Crippen LogP contribution >= 0.6 is 0 Å². The minimum absolute atomic E-state index is 0.00139. The number of sulfonamides is 1. The Bertz CT molecular complexity index is 1010. The van der Waals surface area contributed by atoms with Crippen LogP contribution in [0.3, 0.4) is 0 Å². The number of non-ortho nitro benzene ring substituents is 1. The second-order valence-electron chi connectivity index (χ2n) is 7.80. The number of hydrogen-bond donors (Lipinski definition) is 2. The first-order chi connectivity index (χ1) is 14.2. The van der Waals surface area contributed by atoms with Crippen molar-refractivity contribution >= 4 is 15.7 Å². The maximum atomic E-state index is 13.0. The van der Waals surface area contributed by atoms with Crippen LogP contribution in [0.4, 0.5) is 5.69 Å². The van der Waals surface area contributed by atoms with Crippen LogP contribution in [0, 0.1) is 24.0 Å². The molecule has 30 heavy (non-hydrogen) atoms. The molecule has 162 valence electrons. The van der Waals surface area contributed by atoms with Gasteiger partial charge in [0.2, 0.25) is 10.0 Å². The van der Waals surface area contributed by atoms with Crippen molar-refractivity contribution in [1.82, 2.24) is 15.2 Å². The van der Waals surface area contributed by atoms with E-state index < -0.39 is 14.9 Å². The van der Waals surface area contributed by atoms with E-state index in [9.17, 15) is 18.5 Å². The molecule has 2 unspecified atom stereocenters. The molecule has 3 rings (SSSR count). The fourth-order valence-electron chi connectivity index (χ4n) is 3.75. The van der Waals surface area contributed by atoms with Crippen molar-refractivity contribution in [3.05, 3.63) is 69.3 Å². The molecule has 0 aliphatic carbocycles. The van der Waals surface area contributed by atoms with Gasteiger partial charge in [-0.15, -0.1) is 0 Å². The summed E-state index contributed by atoms with van der Waals surface area (Å²) >= 11 is 0. The molecule has 8 nitrogen and oxygen atoms in total. The van der Waals surface area contributed by atoms with E-state index in [2.05, 4.69) is 23.0 Å². The molecule has 1 fully saturated rings. The first-order valence-corrected chi connectivity index (χ1v) is 11.4. The SMILES string of the molecule is Cc1cc([N+](=O)[O-])cc(S(=O)(=O)N(C)CCCC2CC(c3ccccc3)NN2)c1C. The number of hydrazine groups is 1. The van der Waals surface area contributed by atoms with Gasteiger partial charge < -0.3 is 0 Å². The molecule has 2 atom stereocenters. The molecular weight excluding hydrogens is 404 g/mol. The van der Waals surface area contributed by atoms with Gasteiger partial charge in [0, 0.05) is 37.8 Å². The molecular formula is C21H28N4O4S. The highest BCUT2D eigenvalue weighted by atomic mass is 32.2. The van der Waals surface area contributed by atoms with Crippen LogP contribution in [0.15, 0.2) is 47.4 Å². The molecule has 0 spiro atoms. The summed E-state index contributed by atoms with van der Waals surface area (Å²) in [6.07, 6.45) is 2.44. The number of aryl methyl sites for hydroxylation is 1. The van der Waals surface area contributed by atoms with E-state index in [4.69, 9.17) is 0 Å². The Kier molecular flexibility index (Phi) is 6.87. The third-order valence-electron chi connectivity index (χ3n) is 5.71. The number of nitro benzene ring substituents is 1. The van der Waals surface area contributed by atoms with Gasteiger partial charge >= 0.3 is 0 Å². The molecule has 1 aliphatic rings. The smallest absolute Gasteiger partial charge is 0.258 e. The molecule has 2 N–H and O–H groups in total. The zero-order valence-corrected chi connectivity index (χ0v) is 18.3. The predicted molar refractivity (Wildman–Crippen MR) is 115 cm³/mol. The summed E-state index contributed by atoms with van der Waals surface area (Å²) in [5, 5.41) is 11.1. The van der Waals surface area contributed by atoms with Crippen molar-refractivity contribution < 1.29 is 13.3 Å². The summed E-state index contributed by atoms with van der Waals surface area (Å²) in [5.41, 5.74) is 8.74. The normalized spacial score (nSPS) is 19.3. The zero-order valence-electron chi connectivity index (χ0n) is 17.5. The monoisotopic (exact) mass is 432 g/mol. The standard InChI is InChI=1S/C21H28N4O4S/c1-15-12-19(25(26)27)14-21(16(15)2)30(28,29)24(3)11-7-10-18-13-20(23-22-18)17-8-5-4-6-9-17/h4-6,8-9,12,14,18,20,22-23H,7,10-11,13H2,1-3H3. The van der Waals surface area contributed by atoms with Crippen LogP contribution in [0.2, 0.25) is 0 Å².